The molecule has 144 valence electrons. The second-order valence-electron chi connectivity index (χ2n) is 6.84. The van der Waals surface area contributed by atoms with Crippen molar-refractivity contribution in [2.24, 2.45) is 0 Å². The van der Waals surface area contributed by atoms with Crippen LogP contribution < -0.4 is 10.1 Å². The van der Waals surface area contributed by atoms with Crippen LogP contribution in [0.2, 0.25) is 0 Å². The van der Waals surface area contributed by atoms with E-state index < -0.39 is 15.9 Å². The van der Waals surface area contributed by atoms with E-state index in [4.69, 9.17) is 9.15 Å². The number of carbonyl (C=O) groups excluding carboxylic acids is 1. The van der Waals surface area contributed by atoms with Crippen LogP contribution in [0.4, 0.5) is 0 Å². The Kier molecular flexibility index (Phi) is 4.69. The fourth-order valence-electron chi connectivity index (χ4n) is 3.62. The van der Waals surface area contributed by atoms with E-state index in [1.165, 1.54) is 10.4 Å². The first-order valence-electron chi connectivity index (χ1n) is 9.10. The minimum absolute atomic E-state index is 0.00856. The summed E-state index contributed by atoms with van der Waals surface area (Å²) in [5.74, 6) is 0.568. The maximum Gasteiger partial charge on any atom is 0.287 e. The van der Waals surface area contributed by atoms with Gasteiger partial charge in [0.1, 0.15) is 16.4 Å². The van der Waals surface area contributed by atoms with Gasteiger partial charge in [0.05, 0.1) is 12.6 Å². The monoisotopic (exact) mass is 390 g/mol. The van der Waals surface area contributed by atoms with E-state index >= 15 is 0 Å². The molecule has 1 atom stereocenters. The van der Waals surface area contributed by atoms with Crippen LogP contribution in [-0.2, 0) is 10.0 Å². The van der Waals surface area contributed by atoms with Crippen molar-refractivity contribution in [2.45, 2.75) is 37.1 Å². The van der Waals surface area contributed by atoms with Crippen LogP contribution in [-0.4, -0.2) is 38.3 Å². The SMILES string of the molecule is Cc1oc(C(=O)N[C@@H]2CCOc3ccccc32)cc1S(=O)(=O)N1CCCC1. The quantitative estimate of drug-likeness (QED) is 0.867. The molecule has 1 N–H and O–H groups in total. The van der Waals surface area contributed by atoms with E-state index in [1.807, 2.05) is 24.3 Å². The third kappa shape index (κ3) is 3.35. The lowest BCUT2D eigenvalue weighted by atomic mass is 10.0. The number of amides is 1. The third-order valence-electron chi connectivity index (χ3n) is 5.04. The maximum absolute atomic E-state index is 12.8. The zero-order chi connectivity index (χ0) is 19.0. The minimum Gasteiger partial charge on any atom is -0.493 e. The van der Waals surface area contributed by atoms with Gasteiger partial charge in [-0.2, -0.15) is 4.31 Å². The number of nitrogens with one attached hydrogen (secondary N) is 1. The molecule has 27 heavy (non-hydrogen) atoms. The summed E-state index contributed by atoms with van der Waals surface area (Å²) in [5, 5.41) is 2.93. The zero-order valence-electron chi connectivity index (χ0n) is 15.1. The maximum atomic E-state index is 12.8. The van der Waals surface area contributed by atoms with E-state index in [0.717, 1.165) is 24.2 Å². The van der Waals surface area contributed by atoms with Gasteiger partial charge in [0, 0.05) is 31.1 Å². The minimum atomic E-state index is -3.62. The summed E-state index contributed by atoms with van der Waals surface area (Å²) < 4.78 is 38.1. The summed E-state index contributed by atoms with van der Waals surface area (Å²) in [6, 6.07) is 8.69. The normalized spacial score (nSPS) is 20.1. The molecule has 0 saturated carbocycles. The summed E-state index contributed by atoms with van der Waals surface area (Å²) in [7, 11) is -3.62. The van der Waals surface area contributed by atoms with Crippen LogP contribution in [0.3, 0.4) is 0 Å². The molecule has 1 aromatic heterocycles. The highest BCUT2D eigenvalue weighted by atomic mass is 32.2. The van der Waals surface area contributed by atoms with Crippen molar-refractivity contribution >= 4 is 15.9 Å². The van der Waals surface area contributed by atoms with Crippen molar-refractivity contribution < 1.29 is 22.4 Å². The summed E-state index contributed by atoms with van der Waals surface area (Å²) in [4.78, 5) is 12.8. The Balaban J connectivity index is 1.56. The van der Waals surface area contributed by atoms with Crippen LogP contribution in [0.1, 0.15) is 47.2 Å². The number of rotatable bonds is 4. The summed E-state index contributed by atoms with van der Waals surface area (Å²) in [6.07, 6.45) is 2.35. The van der Waals surface area contributed by atoms with Gasteiger partial charge in [-0.1, -0.05) is 18.2 Å². The van der Waals surface area contributed by atoms with Gasteiger partial charge in [0.25, 0.3) is 5.91 Å². The molecule has 8 heteroatoms. The molecule has 2 aliphatic rings. The van der Waals surface area contributed by atoms with Crippen LogP contribution in [0.15, 0.2) is 39.6 Å². The van der Waals surface area contributed by atoms with Crippen molar-refractivity contribution in [3.05, 3.63) is 47.4 Å². The molecule has 2 aliphatic heterocycles. The Morgan fingerprint density at radius 1 is 1.22 bits per heavy atom. The summed E-state index contributed by atoms with van der Waals surface area (Å²) in [5.41, 5.74) is 0.908. The first-order valence-corrected chi connectivity index (χ1v) is 10.5. The molecule has 3 heterocycles. The molecule has 0 unspecified atom stereocenters. The number of para-hydroxylation sites is 1. The fraction of sp³-hybridized carbons (Fsp3) is 0.421. The van der Waals surface area contributed by atoms with Gasteiger partial charge in [-0.3, -0.25) is 4.79 Å². The molecule has 0 radical (unpaired) electrons. The summed E-state index contributed by atoms with van der Waals surface area (Å²) in [6.45, 7) is 3.10. The van der Waals surface area contributed by atoms with Gasteiger partial charge >= 0.3 is 0 Å². The molecule has 0 aliphatic carbocycles. The summed E-state index contributed by atoms with van der Waals surface area (Å²) >= 11 is 0. The van der Waals surface area contributed by atoms with Gasteiger partial charge in [-0.05, 0) is 25.8 Å². The predicted octanol–water partition coefficient (Wildman–Crippen LogP) is 2.63. The van der Waals surface area contributed by atoms with Gasteiger partial charge in [0.15, 0.2) is 5.76 Å². The number of nitrogens with zero attached hydrogens (tertiary/aromatic N) is 1. The number of sulfonamides is 1. The molecule has 7 nitrogen and oxygen atoms in total. The van der Waals surface area contributed by atoms with Crippen molar-refractivity contribution in [1.29, 1.82) is 0 Å². The molecule has 1 fully saturated rings. The van der Waals surface area contributed by atoms with E-state index in [-0.39, 0.29) is 22.5 Å². The van der Waals surface area contributed by atoms with E-state index in [9.17, 15) is 13.2 Å². The average molecular weight is 390 g/mol. The first kappa shape index (κ1) is 18.1. The van der Waals surface area contributed by atoms with Crippen molar-refractivity contribution in [2.75, 3.05) is 19.7 Å². The molecule has 2 aromatic rings. The van der Waals surface area contributed by atoms with Gasteiger partial charge in [-0.25, -0.2) is 8.42 Å². The van der Waals surface area contributed by atoms with E-state index in [0.29, 0.717) is 26.1 Å². The van der Waals surface area contributed by atoms with Gasteiger partial charge in [0.2, 0.25) is 10.0 Å². The van der Waals surface area contributed by atoms with Crippen molar-refractivity contribution in [3.8, 4) is 5.75 Å². The van der Waals surface area contributed by atoms with Crippen LogP contribution in [0, 0.1) is 6.92 Å². The lowest BCUT2D eigenvalue weighted by Crippen LogP contribution is -2.32. The molecule has 0 spiro atoms. The Hall–Kier alpha value is -2.32. The van der Waals surface area contributed by atoms with E-state index in [2.05, 4.69) is 5.32 Å². The molecule has 4 rings (SSSR count). The van der Waals surface area contributed by atoms with Gasteiger partial charge in [-0.15, -0.1) is 0 Å². The van der Waals surface area contributed by atoms with Crippen LogP contribution in [0.25, 0.3) is 0 Å². The number of benzene rings is 1. The van der Waals surface area contributed by atoms with Crippen molar-refractivity contribution in [1.82, 2.24) is 9.62 Å². The highest BCUT2D eigenvalue weighted by Gasteiger charge is 2.32. The van der Waals surface area contributed by atoms with Crippen molar-refractivity contribution in [3.63, 3.8) is 0 Å². The Labute approximate surface area is 158 Å². The Morgan fingerprint density at radius 2 is 1.96 bits per heavy atom. The number of hydrogen-bond donors (Lipinski definition) is 1. The molecule has 1 saturated heterocycles. The number of carbonyl (C=O) groups is 1. The molecular formula is C19H22N2O5S. The number of fused-ring (bicyclic) bond motifs is 1. The fourth-order valence-corrected chi connectivity index (χ4v) is 5.30. The van der Waals surface area contributed by atoms with E-state index in [1.54, 1.807) is 6.92 Å². The third-order valence-corrected chi connectivity index (χ3v) is 7.05. The predicted molar refractivity (Wildman–Crippen MR) is 98.2 cm³/mol. The Morgan fingerprint density at radius 3 is 2.74 bits per heavy atom. The number of aryl methyl sites for hydroxylation is 1. The molecular weight excluding hydrogens is 368 g/mol. The number of ether oxygens (including phenoxy) is 1. The Bertz CT molecular complexity index is 960. The highest BCUT2D eigenvalue weighted by molar-refractivity contribution is 7.89. The number of furan rings is 1. The smallest absolute Gasteiger partial charge is 0.287 e. The average Bonchev–Trinajstić information content (AvgIpc) is 3.32. The second kappa shape index (κ2) is 7.01. The lowest BCUT2D eigenvalue weighted by molar-refractivity contribution is 0.0895. The zero-order valence-corrected chi connectivity index (χ0v) is 15.9. The molecule has 1 amide bonds. The molecule has 1 aromatic carbocycles. The van der Waals surface area contributed by atoms with Crippen LogP contribution >= 0.6 is 0 Å². The second-order valence-corrected chi connectivity index (χ2v) is 8.75. The number of hydrogen-bond acceptors (Lipinski definition) is 5. The largest absolute Gasteiger partial charge is 0.493 e. The molecule has 0 bridgehead atoms. The standard InChI is InChI=1S/C19H22N2O5S/c1-13-18(27(23,24)21-9-4-5-10-21)12-17(26-13)19(22)20-15-8-11-25-16-7-3-2-6-14(15)16/h2-3,6-7,12,15H,4-5,8-11H2,1H3,(H,20,22)/t15-/m1/s1. The van der Waals surface area contributed by atoms with Crippen LogP contribution in [0.5, 0.6) is 5.75 Å². The van der Waals surface area contributed by atoms with Gasteiger partial charge < -0.3 is 14.5 Å². The lowest BCUT2D eigenvalue weighted by Gasteiger charge is -2.26. The first-order chi connectivity index (χ1) is 13.0. The highest BCUT2D eigenvalue weighted by Crippen LogP contribution is 2.32. The topological polar surface area (TPSA) is 88.8 Å².